The van der Waals surface area contributed by atoms with Gasteiger partial charge in [-0.15, -0.1) is 0 Å². The summed E-state index contributed by atoms with van der Waals surface area (Å²) in [6.07, 6.45) is 4.53. The van der Waals surface area contributed by atoms with Crippen molar-refractivity contribution < 1.29 is 9.53 Å². The molecule has 0 N–H and O–H groups in total. The topological polar surface area (TPSA) is 47.4 Å². The number of rotatable bonds is 2. The Kier molecular flexibility index (Phi) is 4.35. The third kappa shape index (κ3) is 3.52. The zero-order valence-corrected chi connectivity index (χ0v) is 13.0. The third-order valence-corrected chi connectivity index (χ3v) is 3.39. The van der Waals surface area contributed by atoms with Gasteiger partial charge in [0.15, 0.2) is 0 Å². The van der Waals surface area contributed by atoms with Crippen LogP contribution in [0, 0.1) is 0 Å². The summed E-state index contributed by atoms with van der Waals surface area (Å²) in [5.41, 5.74) is 2.11. The van der Waals surface area contributed by atoms with E-state index in [1.165, 1.54) is 11.3 Å². The molecule has 112 valence electrons. The summed E-state index contributed by atoms with van der Waals surface area (Å²) >= 11 is 0. The Morgan fingerprint density at radius 1 is 1.35 bits per heavy atom. The summed E-state index contributed by atoms with van der Waals surface area (Å²) < 4.78 is 7.53. The van der Waals surface area contributed by atoms with Crippen molar-refractivity contribution in [3.05, 3.63) is 17.5 Å². The van der Waals surface area contributed by atoms with Gasteiger partial charge in [-0.1, -0.05) is 6.92 Å². The smallest absolute Gasteiger partial charge is 0.410 e. The highest BCUT2D eigenvalue weighted by Crippen LogP contribution is 2.18. The molecule has 1 amide bonds. The average Bonchev–Trinajstić information content (AvgIpc) is 2.59. The molecular formula is C15H25N3O2. The van der Waals surface area contributed by atoms with E-state index in [4.69, 9.17) is 4.74 Å². The number of hydrogen-bond acceptors (Lipinski definition) is 3. The van der Waals surface area contributed by atoms with Gasteiger partial charge in [0.25, 0.3) is 0 Å². The van der Waals surface area contributed by atoms with Crippen LogP contribution in [0.25, 0.3) is 0 Å². The molecule has 20 heavy (non-hydrogen) atoms. The van der Waals surface area contributed by atoms with Crippen molar-refractivity contribution in [2.24, 2.45) is 0 Å². The zero-order valence-electron chi connectivity index (χ0n) is 13.0. The third-order valence-electron chi connectivity index (χ3n) is 3.39. The second-order valence-corrected chi connectivity index (χ2v) is 6.31. The van der Waals surface area contributed by atoms with E-state index in [0.29, 0.717) is 13.1 Å². The van der Waals surface area contributed by atoms with E-state index in [0.717, 1.165) is 25.8 Å². The first-order chi connectivity index (χ1) is 9.40. The van der Waals surface area contributed by atoms with Gasteiger partial charge in [-0.3, -0.25) is 4.68 Å². The Hall–Kier alpha value is -1.52. The van der Waals surface area contributed by atoms with E-state index >= 15 is 0 Å². The summed E-state index contributed by atoms with van der Waals surface area (Å²) in [4.78, 5) is 13.9. The molecule has 0 saturated carbocycles. The molecule has 5 nitrogen and oxygen atoms in total. The van der Waals surface area contributed by atoms with Crippen LogP contribution >= 0.6 is 0 Å². The van der Waals surface area contributed by atoms with Gasteiger partial charge in [-0.25, -0.2) is 4.79 Å². The fraction of sp³-hybridized carbons (Fsp3) is 0.733. The maximum absolute atomic E-state index is 12.1. The minimum absolute atomic E-state index is 0.211. The molecule has 0 bridgehead atoms. The minimum Gasteiger partial charge on any atom is -0.444 e. The van der Waals surface area contributed by atoms with Gasteiger partial charge in [0.1, 0.15) is 5.60 Å². The Bertz CT molecular complexity index is 474. The van der Waals surface area contributed by atoms with Crippen molar-refractivity contribution in [3.63, 3.8) is 0 Å². The lowest BCUT2D eigenvalue weighted by atomic mass is 10.1. The van der Waals surface area contributed by atoms with Crippen molar-refractivity contribution >= 4 is 6.09 Å². The highest BCUT2D eigenvalue weighted by atomic mass is 16.6. The van der Waals surface area contributed by atoms with E-state index in [-0.39, 0.29) is 6.09 Å². The van der Waals surface area contributed by atoms with E-state index < -0.39 is 5.60 Å². The van der Waals surface area contributed by atoms with Crippen molar-refractivity contribution in [2.45, 2.75) is 59.1 Å². The lowest BCUT2D eigenvalue weighted by Crippen LogP contribution is -2.38. The van der Waals surface area contributed by atoms with Gasteiger partial charge in [0, 0.05) is 31.7 Å². The Labute approximate surface area is 120 Å². The Morgan fingerprint density at radius 3 is 2.70 bits per heavy atom. The van der Waals surface area contributed by atoms with Crippen LogP contribution < -0.4 is 0 Å². The van der Waals surface area contributed by atoms with Crippen LogP contribution in [0.1, 0.15) is 45.4 Å². The quantitative estimate of drug-likeness (QED) is 0.836. The van der Waals surface area contributed by atoms with Gasteiger partial charge in [0.05, 0.1) is 6.20 Å². The highest BCUT2D eigenvalue weighted by molar-refractivity contribution is 5.68. The van der Waals surface area contributed by atoms with Crippen LogP contribution in [0.3, 0.4) is 0 Å². The van der Waals surface area contributed by atoms with Gasteiger partial charge >= 0.3 is 6.09 Å². The molecule has 1 aromatic rings. The summed E-state index contributed by atoms with van der Waals surface area (Å²) in [5, 5.41) is 4.44. The van der Waals surface area contributed by atoms with Gasteiger partial charge in [-0.05, 0) is 39.2 Å². The Balaban J connectivity index is 2.03. The molecule has 2 rings (SSSR count). The second kappa shape index (κ2) is 5.85. The molecule has 0 radical (unpaired) electrons. The molecule has 0 aromatic carbocycles. The van der Waals surface area contributed by atoms with Crippen LogP contribution in [0.5, 0.6) is 0 Å². The largest absolute Gasteiger partial charge is 0.444 e. The van der Waals surface area contributed by atoms with Gasteiger partial charge < -0.3 is 9.64 Å². The predicted molar refractivity (Wildman–Crippen MR) is 77.7 cm³/mol. The van der Waals surface area contributed by atoms with Crippen molar-refractivity contribution in [2.75, 3.05) is 13.1 Å². The maximum atomic E-state index is 12.1. The monoisotopic (exact) mass is 279 g/mol. The van der Waals surface area contributed by atoms with E-state index in [2.05, 4.69) is 16.7 Å². The molecule has 2 heterocycles. The van der Waals surface area contributed by atoms with Crippen LogP contribution in [-0.2, 0) is 24.1 Å². The normalized spacial score (nSPS) is 15.7. The van der Waals surface area contributed by atoms with Crippen LogP contribution in [0.15, 0.2) is 6.20 Å². The Morgan fingerprint density at radius 2 is 2.05 bits per heavy atom. The fourth-order valence-corrected chi connectivity index (χ4v) is 2.47. The fourth-order valence-electron chi connectivity index (χ4n) is 2.47. The van der Waals surface area contributed by atoms with Crippen LogP contribution in [0.2, 0.25) is 0 Å². The van der Waals surface area contributed by atoms with Crippen molar-refractivity contribution in [3.8, 4) is 0 Å². The lowest BCUT2D eigenvalue weighted by molar-refractivity contribution is 0.0258. The number of nitrogens with zero attached hydrogens (tertiary/aromatic N) is 3. The predicted octanol–water partition coefficient (Wildman–Crippen LogP) is 2.63. The molecular weight excluding hydrogens is 254 g/mol. The molecule has 0 spiro atoms. The SMILES string of the molecule is CCCn1ncc2c1CCN(C(=O)OC(C)(C)C)CC2. The van der Waals surface area contributed by atoms with E-state index in [1.807, 2.05) is 31.9 Å². The molecule has 5 heteroatoms. The number of aryl methyl sites for hydroxylation is 1. The summed E-state index contributed by atoms with van der Waals surface area (Å²) in [7, 11) is 0. The number of amides is 1. The van der Waals surface area contributed by atoms with E-state index in [9.17, 15) is 4.79 Å². The molecule has 0 aliphatic carbocycles. The molecule has 0 fully saturated rings. The van der Waals surface area contributed by atoms with Crippen LogP contribution in [-0.4, -0.2) is 39.5 Å². The molecule has 1 aliphatic rings. The second-order valence-electron chi connectivity index (χ2n) is 6.31. The van der Waals surface area contributed by atoms with Crippen molar-refractivity contribution in [1.29, 1.82) is 0 Å². The highest BCUT2D eigenvalue weighted by Gasteiger charge is 2.25. The summed E-state index contributed by atoms with van der Waals surface area (Å²) in [6, 6.07) is 0. The summed E-state index contributed by atoms with van der Waals surface area (Å²) in [5.74, 6) is 0. The van der Waals surface area contributed by atoms with Gasteiger partial charge in [-0.2, -0.15) is 5.10 Å². The molecule has 1 aromatic heterocycles. The average molecular weight is 279 g/mol. The first-order valence-electron chi connectivity index (χ1n) is 7.42. The molecule has 0 saturated heterocycles. The maximum Gasteiger partial charge on any atom is 0.410 e. The molecule has 0 unspecified atom stereocenters. The van der Waals surface area contributed by atoms with E-state index in [1.54, 1.807) is 0 Å². The first-order valence-corrected chi connectivity index (χ1v) is 7.42. The van der Waals surface area contributed by atoms with Crippen LogP contribution in [0.4, 0.5) is 4.79 Å². The number of carbonyl (C=O) groups excluding carboxylic acids is 1. The lowest BCUT2D eigenvalue weighted by Gasteiger charge is -2.26. The number of aromatic nitrogens is 2. The molecule has 1 aliphatic heterocycles. The van der Waals surface area contributed by atoms with Gasteiger partial charge in [0.2, 0.25) is 0 Å². The first kappa shape index (κ1) is 14.9. The standard InChI is InChI=1S/C15H25N3O2/c1-5-8-18-13-7-10-17(9-6-12(13)11-16-18)14(19)20-15(2,3)4/h11H,5-10H2,1-4H3. The summed E-state index contributed by atoms with van der Waals surface area (Å²) in [6.45, 7) is 10.2. The number of ether oxygens (including phenoxy) is 1. The number of carbonyl (C=O) groups is 1. The molecule has 0 atom stereocenters. The van der Waals surface area contributed by atoms with Crippen molar-refractivity contribution in [1.82, 2.24) is 14.7 Å². The number of fused-ring (bicyclic) bond motifs is 1. The number of hydrogen-bond donors (Lipinski definition) is 0. The zero-order chi connectivity index (χ0) is 14.8. The minimum atomic E-state index is -0.435.